The van der Waals surface area contributed by atoms with Crippen molar-refractivity contribution in [2.24, 2.45) is 5.92 Å². The van der Waals surface area contributed by atoms with E-state index >= 15 is 0 Å². The highest BCUT2D eigenvalue weighted by molar-refractivity contribution is 7.92. The molecule has 1 aliphatic heterocycles. The van der Waals surface area contributed by atoms with E-state index in [0.717, 1.165) is 25.8 Å². The minimum atomic E-state index is -4.05. The lowest BCUT2D eigenvalue weighted by atomic mass is 10.0. The lowest BCUT2D eigenvalue weighted by molar-refractivity contribution is -0.0177. The Morgan fingerprint density at radius 2 is 1.87 bits per heavy atom. The van der Waals surface area contributed by atoms with Crippen LogP contribution in [0.2, 0.25) is 0 Å². The molecule has 1 aromatic heterocycles. The van der Waals surface area contributed by atoms with E-state index in [-0.39, 0.29) is 58.2 Å². The molecule has 2 N–H and O–H groups in total. The third kappa shape index (κ3) is 9.09. The number of nitrogens with zero attached hydrogens (tertiary/aromatic N) is 3. The standard InChI is InChI=1S/C34H48N4O7S/c1-23-19-38(24(2)22-39)34(40)30-18-29(36-46(41,42)33-26(4)35-45-27(33)5)15-16-31(30)44-25(3)12-10-11-17-43-32(23)21-37(6)20-28-13-8-7-9-14-28/h7-9,13-16,18,23-25,32,36,39H,10-12,17,19-22H2,1-6H3/t23-,24-,25-,32-/m0/s1. The Bertz CT molecular complexity index is 1530. The van der Waals surface area contributed by atoms with Crippen molar-refractivity contribution >= 4 is 21.6 Å². The maximum absolute atomic E-state index is 14.4. The number of anilines is 1. The van der Waals surface area contributed by atoms with Crippen LogP contribution in [0.4, 0.5) is 5.69 Å². The van der Waals surface area contributed by atoms with Crippen LogP contribution in [0.1, 0.15) is 67.4 Å². The largest absolute Gasteiger partial charge is 0.490 e. The molecule has 1 amide bonds. The molecule has 11 nitrogen and oxygen atoms in total. The van der Waals surface area contributed by atoms with Crippen molar-refractivity contribution in [3.05, 3.63) is 71.1 Å². The highest BCUT2D eigenvalue weighted by Crippen LogP contribution is 2.30. The summed E-state index contributed by atoms with van der Waals surface area (Å²) in [4.78, 5) is 18.2. The molecular formula is C34H48N4O7S. The number of hydrogen-bond donors (Lipinski definition) is 2. The molecule has 12 heteroatoms. The number of aliphatic hydroxyl groups is 1. The zero-order valence-electron chi connectivity index (χ0n) is 27.7. The van der Waals surface area contributed by atoms with Gasteiger partial charge in [0.15, 0.2) is 10.7 Å². The molecule has 0 saturated carbocycles. The summed E-state index contributed by atoms with van der Waals surface area (Å²) in [6.45, 7) is 11.0. The molecule has 0 spiro atoms. The highest BCUT2D eigenvalue weighted by atomic mass is 32.2. The van der Waals surface area contributed by atoms with Gasteiger partial charge < -0.3 is 24.0 Å². The molecule has 46 heavy (non-hydrogen) atoms. The van der Waals surface area contributed by atoms with Crippen LogP contribution in [0.5, 0.6) is 5.75 Å². The molecule has 2 heterocycles. The average Bonchev–Trinajstić information content (AvgIpc) is 3.37. The first-order valence-electron chi connectivity index (χ1n) is 15.9. The second-order valence-electron chi connectivity index (χ2n) is 12.5. The smallest absolute Gasteiger partial charge is 0.267 e. The topological polar surface area (TPSA) is 134 Å². The summed E-state index contributed by atoms with van der Waals surface area (Å²) in [6, 6.07) is 14.4. The van der Waals surface area contributed by atoms with E-state index in [4.69, 9.17) is 14.0 Å². The van der Waals surface area contributed by atoms with E-state index in [9.17, 15) is 18.3 Å². The lowest BCUT2D eigenvalue weighted by Crippen LogP contribution is -2.47. The number of amides is 1. The van der Waals surface area contributed by atoms with Gasteiger partial charge in [0.2, 0.25) is 0 Å². The van der Waals surface area contributed by atoms with Gasteiger partial charge in [0, 0.05) is 37.8 Å². The molecule has 0 saturated heterocycles. The summed E-state index contributed by atoms with van der Waals surface area (Å²) in [7, 11) is -1.99. The van der Waals surface area contributed by atoms with Crippen molar-refractivity contribution in [3.8, 4) is 5.75 Å². The minimum Gasteiger partial charge on any atom is -0.490 e. The van der Waals surface area contributed by atoms with Crippen LogP contribution in [-0.2, 0) is 21.3 Å². The number of ether oxygens (including phenoxy) is 2. The Balaban J connectivity index is 1.66. The first-order valence-corrected chi connectivity index (χ1v) is 17.4. The van der Waals surface area contributed by atoms with Crippen molar-refractivity contribution in [2.75, 3.05) is 38.1 Å². The van der Waals surface area contributed by atoms with Gasteiger partial charge in [-0.1, -0.05) is 42.4 Å². The van der Waals surface area contributed by atoms with Crippen LogP contribution >= 0.6 is 0 Å². The van der Waals surface area contributed by atoms with Crippen molar-refractivity contribution in [3.63, 3.8) is 0 Å². The van der Waals surface area contributed by atoms with E-state index in [2.05, 4.69) is 40.9 Å². The summed E-state index contributed by atoms with van der Waals surface area (Å²) in [6.07, 6.45) is 2.13. The molecule has 2 aromatic carbocycles. The maximum Gasteiger partial charge on any atom is 0.267 e. The first kappa shape index (κ1) is 35.4. The number of rotatable bonds is 9. The molecule has 1 aliphatic rings. The lowest BCUT2D eigenvalue weighted by Gasteiger charge is -2.36. The van der Waals surface area contributed by atoms with Crippen LogP contribution in [-0.4, -0.2) is 86.0 Å². The number of aliphatic hydroxyl groups excluding tert-OH is 1. The Morgan fingerprint density at radius 3 is 2.54 bits per heavy atom. The summed E-state index contributed by atoms with van der Waals surface area (Å²) < 4.78 is 47.0. The number of sulfonamides is 1. The van der Waals surface area contributed by atoms with Crippen molar-refractivity contribution in [1.82, 2.24) is 15.0 Å². The molecule has 0 fully saturated rings. The number of likely N-dealkylation sites (N-methyl/N-ethyl adjacent to an activating group) is 1. The van der Waals surface area contributed by atoms with Crippen molar-refractivity contribution in [2.45, 2.75) is 83.6 Å². The number of fused-ring (bicyclic) bond motifs is 1. The number of carbonyl (C=O) groups is 1. The van der Waals surface area contributed by atoms with Gasteiger partial charge in [-0.15, -0.1) is 0 Å². The molecule has 0 unspecified atom stereocenters. The monoisotopic (exact) mass is 656 g/mol. The Morgan fingerprint density at radius 1 is 1.13 bits per heavy atom. The zero-order valence-corrected chi connectivity index (χ0v) is 28.5. The van der Waals surface area contributed by atoms with Crippen molar-refractivity contribution < 1.29 is 32.3 Å². The molecule has 0 aliphatic carbocycles. The molecule has 0 radical (unpaired) electrons. The number of benzene rings is 2. The zero-order chi connectivity index (χ0) is 33.4. The first-order chi connectivity index (χ1) is 21.9. The summed E-state index contributed by atoms with van der Waals surface area (Å²) in [5.41, 5.74) is 1.84. The molecule has 4 atom stereocenters. The quantitative estimate of drug-likeness (QED) is 0.326. The van der Waals surface area contributed by atoms with Gasteiger partial charge in [0.1, 0.15) is 11.4 Å². The van der Waals surface area contributed by atoms with Crippen molar-refractivity contribution in [1.29, 1.82) is 0 Å². The third-order valence-electron chi connectivity index (χ3n) is 8.33. The fourth-order valence-electron chi connectivity index (χ4n) is 5.78. The van der Waals surface area contributed by atoms with Gasteiger partial charge in [-0.25, -0.2) is 8.42 Å². The number of aryl methyl sites for hydroxylation is 2. The van der Waals surface area contributed by atoms with Gasteiger partial charge in [-0.05, 0) is 77.8 Å². The van der Waals surface area contributed by atoms with E-state index in [1.807, 2.05) is 25.1 Å². The second kappa shape index (κ2) is 15.9. The summed E-state index contributed by atoms with van der Waals surface area (Å²) in [5.74, 6) is 0.0683. The number of hydrogen-bond acceptors (Lipinski definition) is 9. The van der Waals surface area contributed by atoms with Crippen LogP contribution in [0.3, 0.4) is 0 Å². The van der Waals surface area contributed by atoms with Gasteiger partial charge >= 0.3 is 0 Å². The van der Waals surface area contributed by atoms with E-state index in [1.165, 1.54) is 18.6 Å². The normalized spacial score (nSPS) is 20.9. The molecule has 0 bridgehead atoms. The second-order valence-corrected chi connectivity index (χ2v) is 14.1. The number of aromatic nitrogens is 1. The Kier molecular flexibility index (Phi) is 12.2. The predicted molar refractivity (Wildman–Crippen MR) is 176 cm³/mol. The maximum atomic E-state index is 14.4. The molecule has 4 rings (SSSR count). The molecular weight excluding hydrogens is 608 g/mol. The highest BCUT2D eigenvalue weighted by Gasteiger charge is 2.31. The van der Waals surface area contributed by atoms with Crippen LogP contribution in [0, 0.1) is 19.8 Å². The summed E-state index contributed by atoms with van der Waals surface area (Å²) in [5, 5.41) is 14.0. The molecule has 252 valence electrons. The summed E-state index contributed by atoms with van der Waals surface area (Å²) >= 11 is 0. The van der Waals surface area contributed by atoms with Gasteiger partial charge in [-0.2, -0.15) is 0 Å². The van der Waals surface area contributed by atoms with Gasteiger partial charge in [0.05, 0.1) is 30.4 Å². The minimum absolute atomic E-state index is 0.0450. The van der Waals surface area contributed by atoms with Gasteiger partial charge in [-0.3, -0.25) is 14.4 Å². The predicted octanol–water partition coefficient (Wildman–Crippen LogP) is 5.02. The average molecular weight is 657 g/mol. The van der Waals surface area contributed by atoms with E-state index in [1.54, 1.807) is 30.9 Å². The third-order valence-corrected chi connectivity index (χ3v) is 9.95. The van der Waals surface area contributed by atoms with Crippen LogP contribution in [0.25, 0.3) is 0 Å². The number of nitrogens with one attached hydrogen (secondary N) is 1. The molecule has 3 aromatic rings. The number of carbonyl (C=O) groups excluding carboxylic acids is 1. The fourth-order valence-corrected chi connectivity index (χ4v) is 7.16. The fraction of sp³-hybridized carbons (Fsp3) is 0.529. The van der Waals surface area contributed by atoms with Crippen LogP contribution in [0.15, 0.2) is 57.9 Å². The SMILES string of the molecule is Cc1noc(C)c1S(=O)(=O)Nc1ccc2c(c1)C(=O)N([C@@H](C)CO)C[C@H](C)[C@H](CN(C)Cc1ccccc1)OCCCC[C@H](C)O2. The van der Waals surface area contributed by atoms with E-state index in [0.29, 0.717) is 25.4 Å². The Hall–Kier alpha value is -3.45. The van der Waals surface area contributed by atoms with Crippen LogP contribution < -0.4 is 9.46 Å². The Labute approximate surface area is 272 Å². The van der Waals surface area contributed by atoms with Gasteiger partial charge in [0.25, 0.3) is 15.9 Å². The van der Waals surface area contributed by atoms with E-state index < -0.39 is 16.1 Å².